The van der Waals surface area contributed by atoms with Gasteiger partial charge in [0.2, 0.25) is 0 Å². The summed E-state index contributed by atoms with van der Waals surface area (Å²) in [6.07, 6.45) is 19.1. The lowest BCUT2D eigenvalue weighted by molar-refractivity contribution is 0.0956. The van der Waals surface area contributed by atoms with Crippen LogP contribution in [0, 0.1) is 0 Å². The first-order chi connectivity index (χ1) is 19.1. The van der Waals surface area contributed by atoms with Crippen molar-refractivity contribution in [2.45, 2.75) is 45.4 Å². The predicted octanol–water partition coefficient (Wildman–Crippen LogP) is 5.16. The number of carbonyl (C=O) groups is 1. The molecule has 3 rings (SSSR count). The number of aryl methyl sites for hydroxylation is 1. The number of hydrogen-bond acceptors (Lipinski definition) is 6. The number of amides is 1. The Hall–Kier alpha value is -3.23. The summed E-state index contributed by atoms with van der Waals surface area (Å²) in [5.74, 6) is -0.629. The molecule has 0 saturated carbocycles. The molecule has 210 valence electrons. The van der Waals surface area contributed by atoms with E-state index in [1.54, 1.807) is 24.5 Å². The van der Waals surface area contributed by atoms with E-state index in [0.717, 1.165) is 63.4 Å². The van der Waals surface area contributed by atoms with E-state index < -0.39 is 0 Å². The van der Waals surface area contributed by atoms with Gasteiger partial charge in [-0.05, 0) is 62.0 Å². The Bertz CT molecular complexity index is 1120. The summed E-state index contributed by atoms with van der Waals surface area (Å²) in [5.41, 5.74) is 2.97. The van der Waals surface area contributed by atoms with E-state index in [2.05, 4.69) is 56.0 Å². The van der Waals surface area contributed by atoms with E-state index in [9.17, 15) is 9.18 Å². The minimum absolute atomic E-state index is 0.114. The Morgan fingerprint density at radius 1 is 1.31 bits per heavy atom. The maximum Gasteiger partial charge on any atom is 0.251 e. The number of piperazine rings is 1. The predicted molar refractivity (Wildman–Crippen MR) is 158 cm³/mol. The highest BCUT2D eigenvalue weighted by Gasteiger charge is 2.12. The minimum Gasteiger partial charge on any atom is -0.368 e. The largest absolute Gasteiger partial charge is 0.368 e. The monoisotopic (exact) mass is 554 g/mol. The van der Waals surface area contributed by atoms with Crippen LogP contribution in [0.1, 0.15) is 55.1 Å². The number of nitrogens with zero attached hydrogens (tertiary/aromatic N) is 3. The van der Waals surface area contributed by atoms with E-state index in [-0.39, 0.29) is 18.3 Å². The molecule has 0 bridgehead atoms. The topological polar surface area (TPSA) is 81.6 Å². The molecule has 2 aliphatic rings. The number of carbonyl (C=O) groups excluding carboxylic acids is 1. The third-order valence-corrected chi connectivity index (χ3v) is 6.73. The summed E-state index contributed by atoms with van der Waals surface area (Å²) >= 11 is 6.11. The van der Waals surface area contributed by atoms with Crippen LogP contribution < -0.4 is 16.0 Å². The number of aromatic nitrogens is 1. The van der Waals surface area contributed by atoms with Gasteiger partial charge in [0.15, 0.2) is 0 Å². The molecule has 0 radical (unpaired) electrons. The van der Waals surface area contributed by atoms with Gasteiger partial charge in [-0.15, -0.1) is 0 Å². The van der Waals surface area contributed by atoms with Gasteiger partial charge in [-0.2, -0.15) is 0 Å². The number of pyridine rings is 1. The average Bonchev–Trinajstić information content (AvgIpc) is 3.03. The summed E-state index contributed by atoms with van der Waals surface area (Å²) in [4.78, 5) is 24.1. The molecule has 1 aromatic heterocycles. The van der Waals surface area contributed by atoms with Gasteiger partial charge in [0.05, 0.1) is 5.70 Å². The number of hydrogen-bond donors (Lipinski definition) is 3. The second kappa shape index (κ2) is 17.4. The molecule has 0 spiro atoms. The lowest BCUT2D eigenvalue weighted by Crippen LogP contribution is -2.43. The molecule has 3 heterocycles. The van der Waals surface area contributed by atoms with E-state index >= 15 is 0 Å². The summed E-state index contributed by atoms with van der Waals surface area (Å²) in [7, 11) is 0. The van der Waals surface area contributed by atoms with Gasteiger partial charge in [0.25, 0.3) is 5.91 Å². The third kappa shape index (κ3) is 11.2. The third-order valence-electron chi connectivity index (χ3n) is 6.43. The fourth-order valence-electron chi connectivity index (χ4n) is 4.11. The highest BCUT2D eigenvalue weighted by atomic mass is 35.5. The minimum atomic E-state index is -0.369. The standard InChI is InChI=1S/C30H40ClFN6O/c1-2-3-13-34-23-28(38-18-16-33-17-19-38)8-6-4-5-7-27-20-24(11-15-36-27)30(39)37-21-25-9-10-26(31)22-35-14-12-29(25)32/h4,6,8,11-12,14-15,20,22-23,33,35H,2-3,5,7,9-10,13,16-19,21H2,1H3,(H,37,39)/b6-4+,14-12+,26-22+,28-8+,29-25-,34-23-. The highest BCUT2D eigenvalue weighted by molar-refractivity contribution is 6.29. The SMILES string of the molecule is CCCC\N=C/C(=C\C=C\CCc1cc(C(=O)NC/C2=C(F)/C=C/N/C=C(/Cl)CC2)ccn1)N1CCNCC1. The summed E-state index contributed by atoms with van der Waals surface area (Å²) < 4.78 is 14.5. The van der Waals surface area contributed by atoms with Crippen molar-refractivity contribution in [3.05, 3.63) is 88.4 Å². The van der Waals surface area contributed by atoms with Gasteiger partial charge < -0.3 is 20.9 Å². The Morgan fingerprint density at radius 3 is 2.97 bits per heavy atom. The molecule has 1 saturated heterocycles. The fourth-order valence-corrected chi connectivity index (χ4v) is 4.27. The average molecular weight is 555 g/mol. The van der Waals surface area contributed by atoms with Crippen LogP contribution >= 0.6 is 11.6 Å². The maximum absolute atomic E-state index is 14.5. The molecule has 0 unspecified atom stereocenters. The van der Waals surface area contributed by atoms with Gasteiger partial charge in [-0.25, -0.2) is 4.39 Å². The number of nitrogens with one attached hydrogen (secondary N) is 3. The van der Waals surface area contributed by atoms with Crippen molar-refractivity contribution in [1.82, 2.24) is 25.8 Å². The molecule has 2 aliphatic heterocycles. The van der Waals surface area contributed by atoms with Gasteiger partial charge >= 0.3 is 0 Å². The summed E-state index contributed by atoms with van der Waals surface area (Å²) in [6, 6.07) is 3.47. The molecule has 3 N–H and O–H groups in total. The van der Waals surface area contributed by atoms with Crippen LogP contribution in [0.15, 0.2) is 82.2 Å². The van der Waals surface area contributed by atoms with Crippen LogP contribution in [0.4, 0.5) is 4.39 Å². The van der Waals surface area contributed by atoms with E-state index in [1.165, 1.54) is 12.3 Å². The number of halogens is 2. The van der Waals surface area contributed by atoms with Crippen LogP contribution in [0.5, 0.6) is 0 Å². The summed E-state index contributed by atoms with van der Waals surface area (Å²) in [6.45, 7) is 7.04. The molecule has 7 nitrogen and oxygen atoms in total. The zero-order chi connectivity index (χ0) is 27.7. The Balaban J connectivity index is 1.53. The van der Waals surface area contributed by atoms with Crippen molar-refractivity contribution in [2.75, 3.05) is 39.3 Å². The molecule has 0 aliphatic carbocycles. The van der Waals surface area contributed by atoms with Crippen LogP contribution in [-0.2, 0) is 6.42 Å². The van der Waals surface area contributed by atoms with E-state index in [0.29, 0.717) is 35.4 Å². The first-order valence-corrected chi connectivity index (χ1v) is 14.1. The zero-order valence-corrected chi connectivity index (χ0v) is 23.5. The molecular formula is C30H40ClFN6O. The quantitative estimate of drug-likeness (QED) is 0.189. The van der Waals surface area contributed by atoms with Crippen molar-refractivity contribution >= 4 is 23.7 Å². The maximum atomic E-state index is 14.5. The number of allylic oxidation sites excluding steroid dienone is 7. The normalized spacial score (nSPS) is 21.2. The van der Waals surface area contributed by atoms with Crippen molar-refractivity contribution in [1.29, 1.82) is 0 Å². The van der Waals surface area contributed by atoms with Crippen LogP contribution in [0.25, 0.3) is 0 Å². The van der Waals surface area contributed by atoms with Crippen molar-refractivity contribution in [3.63, 3.8) is 0 Å². The lowest BCUT2D eigenvalue weighted by atomic mass is 10.1. The van der Waals surface area contributed by atoms with Gasteiger partial charge in [0, 0.05) is 80.4 Å². The van der Waals surface area contributed by atoms with Crippen molar-refractivity contribution < 1.29 is 9.18 Å². The molecule has 1 fully saturated rings. The second-order valence-corrected chi connectivity index (χ2v) is 9.93. The molecule has 1 amide bonds. The van der Waals surface area contributed by atoms with Gasteiger partial charge in [-0.3, -0.25) is 14.8 Å². The van der Waals surface area contributed by atoms with Gasteiger partial charge in [0.1, 0.15) is 5.83 Å². The van der Waals surface area contributed by atoms with E-state index in [4.69, 9.17) is 11.6 Å². The number of rotatable bonds is 12. The molecular weight excluding hydrogens is 515 g/mol. The molecule has 9 heteroatoms. The summed E-state index contributed by atoms with van der Waals surface area (Å²) in [5, 5.41) is 9.64. The fraction of sp³-hybridized carbons (Fsp3) is 0.433. The molecule has 39 heavy (non-hydrogen) atoms. The lowest BCUT2D eigenvalue weighted by Gasteiger charge is -2.29. The Morgan fingerprint density at radius 2 is 2.15 bits per heavy atom. The van der Waals surface area contributed by atoms with E-state index in [1.807, 2.05) is 6.21 Å². The van der Waals surface area contributed by atoms with Crippen LogP contribution in [0.3, 0.4) is 0 Å². The smallest absolute Gasteiger partial charge is 0.251 e. The molecule has 1 aromatic rings. The Labute approximate surface area is 236 Å². The first kappa shape index (κ1) is 30.3. The molecule has 0 aromatic carbocycles. The number of aliphatic imine (C=N–C) groups is 1. The van der Waals surface area contributed by atoms with Crippen molar-refractivity contribution in [3.8, 4) is 0 Å². The van der Waals surface area contributed by atoms with Gasteiger partial charge in [-0.1, -0.05) is 37.1 Å². The van der Waals surface area contributed by atoms with Crippen LogP contribution in [0.2, 0.25) is 0 Å². The number of unbranched alkanes of at least 4 members (excludes halogenated alkanes) is 1. The second-order valence-electron chi connectivity index (χ2n) is 9.45. The first-order valence-electron chi connectivity index (χ1n) is 13.8. The Kier molecular flexibility index (Phi) is 13.5. The van der Waals surface area contributed by atoms with Crippen LogP contribution in [-0.4, -0.2) is 61.3 Å². The highest BCUT2D eigenvalue weighted by Crippen LogP contribution is 2.20. The van der Waals surface area contributed by atoms with Crippen molar-refractivity contribution in [2.24, 2.45) is 4.99 Å². The molecule has 0 atom stereocenters. The zero-order valence-electron chi connectivity index (χ0n) is 22.8.